The zero-order valence-electron chi connectivity index (χ0n) is 9.00. The number of esters is 1. The number of ether oxygens (including phenoxy) is 2. The first-order valence-electron chi connectivity index (χ1n) is 4.78. The van der Waals surface area contributed by atoms with E-state index in [1.165, 1.54) is 0 Å². The van der Waals surface area contributed by atoms with Crippen LogP contribution in [0.2, 0.25) is 0 Å². The molecule has 0 saturated carbocycles. The summed E-state index contributed by atoms with van der Waals surface area (Å²) < 4.78 is 23.4. The van der Waals surface area contributed by atoms with Crippen molar-refractivity contribution in [3.05, 3.63) is 28.2 Å². The van der Waals surface area contributed by atoms with Crippen LogP contribution in [0.5, 0.6) is 5.75 Å². The maximum absolute atomic E-state index is 13.3. The SMILES string of the molecule is CCOC(=O)C(F)Oc1cc(Br)ccc1C. The van der Waals surface area contributed by atoms with Crippen molar-refractivity contribution in [3.8, 4) is 5.75 Å². The van der Waals surface area contributed by atoms with Crippen LogP contribution in [0.1, 0.15) is 12.5 Å². The van der Waals surface area contributed by atoms with Gasteiger partial charge in [0, 0.05) is 4.47 Å². The Hall–Kier alpha value is -1.10. The maximum atomic E-state index is 13.3. The van der Waals surface area contributed by atoms with E-state index in [2.05, 4.69) is 20.7 Å². The Morgan fingerprint density at radius 1 is 1.56 bits per heavy atom. The third-order valence-corrected chi connectivity index (χ3v) is 2.35. The lowest BCUT2D eigenvalue weighted by Crippen LogP contribution is -2.25. The van der Waals surface area contributed by atoms with Gasteiger partial charge in [-0.1, -0.05) is 22.0 Å². The second-order valence-electron chi connectivity index (χ2n) is 3.10. The van der Waals surface area contributed by atoms with E-state index in [9.17, 15) is 9.18 Å². The fraction of sp³-hybridized carbons (Fsp3) is 0.364. The highest BCUT2D eigenvalue weighted by Crippen LogP contribution is 2.24. The molecule has 0 N–H and O–H groups in total. The quantitative estimate of drug-likeness (QED) is 0.800. The standard InChI is InChI=1S/C11H12BrFO3/c1-3-15-11(14)10(13)16-9-6-8(12)5-4-7(9)2/h4-6,10H,3H2,1-2H3. The predicted octanol–water partition coefficient (Wildman–Crippen LogP) is 3.00. The molecule has 88 valence electrons. The Morgan fingerprint density at radius 2 is 2.25 bits per heavy atom. The van der Waals surface area contributed by atoms with Gasteiger partial charge in [0.25, 0.3) is 0 Å². The van der Waals surface area contributed by atoms with E-state index in [0.29, 0.717) is 5.75 Å². The minimum Gasteiger partial charge on any atom is -0.461 e. The van der Waals surface area contributed by atoms with Gasteiger partial charge in [0.15, 0.2) is 0 Å². The highest BCUT2D eigenvalue weighted by atomic mass is 79.9. The van der Waals surface area contributed by atoms with Gasteiger partial charge in [0.05, 0.1) is 6.61 Å². The smallest absolute Gasteiger partial charge is 0.381 e. The summed E-state index contributed by atoms with van der Waals surface area (Å²) >= 11 is 3.24. The molecule has 16 heavy (non-hydrogen) atoms. The highest BCUT2D eigenvalue weighted by molar-refractivity contribution is 9.10. The van der Waals surface area contributed by atoms with Crippen molar-refractivity contribution in [3.63, 3.8) is 0 Å². The molecule has 0 heterocycles. The number of hydrogen-bond donors (Lipinski definition) is 0. The highest BCUT2D eigenvalue weighted by Gasteiger charge is 2.21. The summed E-state index contributed by atoms with van der Waals surface area (Å²) in [6, 6.07) is 5.16. The molecule has 1 aromatic carbocycles. The number of benzene rings is 1. The third kappa shape index (κ3) is 3.48. The first kappa shape index (κ1) is 13.0. The monoisotopic (exact) mass is 290 g/mol. The van der Waals surface area contributed by atoms with Crippen LogP contribution in [0.3, 0.4) is 0 Å². The molecule has 1 aromatic rings. The van der Waals surface area contributed by atoms with E-state index < -0.39 is 12.3 Å². The van der Waals surface area contributed by atoms with E-state index in [1.807, 2.05) is 0 Å². The average Bonchev–Trinajstić information content (AvgIpc) is 2.23. The number of aryl methyl sites for hydroxylation is 1. The van der Waals surface area contributed by atoms with Crippen LogP contribution in [0.4, 0.5) is 4.39 Å². The van der Waals surface area contributed by atoms with Crippen molar-refractivity contribution in [1.29, 1.82) is 0 Å². The van der Waals surface area contributed by atoms with Gasteiger partial charge in [-0.2, -0.15) is 4.39 Å². The number of alkyl halides is 1. The molecule has 3 nitrogen and oxygen atoms in total. The largest absolute Gasteiger partial charge is 0.461 e. The van der Waals surface area contributed by atoms with Gasteiger partial charge in [0.1, 0.15) is 5.75 Å². The van der Waals surface area contributed by atoms with Crippen molar-refractivity contribution >= 4 is 21.9 Å². The van der Waals surface area contributed by atoms with Crippen LogP contribution < -0.4 is 4.74 Å². The van der Waals surface area contributed by atoms with E-state index >= 15 is 0 Å². The summed E-state index contributed by atoms with van der Waals surface area (Å²) in [5, 5.41) is 0. The van der Waals surface area contributed by atoms with E-state index in [-0.39, 0.29) is 6.61 Å². The molecule has 0 saturated heterocycles. The van der Waals surface area contributed by atoms with Gasteiger partial charge < -0.3 is 9.47 Å². The summed E-state index contributed by atoms with van der Waals surface area (Å²) in [5.74, 6) is -0.697. The van der Waals surface area contributed by atoms with Crippen LogP contribution in [0.25, 0.3) is 0 Å². The maximum Gasteiger partial charge on any atom is 0.381 e. The topological polar surface area (TPSA) is 35.5 Å². The van der Waals surface area contributed by atoms with Crippen LogP contribution in [-0.4, -0.2) is 18.9 Å². The predicted molar refractivity (Wildman–Crippen MR) is 61.0 cm³/mol. The first-order valence-corrected chi connectivity index (χ1v) is 5.57. The van der Waals surface area contributed by atoms with E-state index in [0.717, 1.165) is 10.0 Å². The molecule has 1 rings (SSSR count). The summed E-state index contributed by atoms with van der Waals surface area (Å²) in [6.45, 7) is 3.49. The molecule has 0 aliphatic carbocycles. The van der Waals surface area contributed by atoms with Crippen LogP contribution >= 0.6 is 15.9 Å². The summed E-state index contributed by atoms with van der Waals surface area (Å²) in [7, 11) is 0. The number of carbonyl (C=O) groups excluding carboxylic acids is 1. The van der Waals surface area contributed by atoms with Gasteiger partial charge in [-0.05, 0) is 31.5 Å². The Labute approximate surface area is 102 Å². The molecule has 1 atom stereocenters. The summed E-state index contributed by atoms with van der Waals surface area (Å²) in [5.41, 5.74) is 0.746. The molecular weight excluding hydrogens is 279 g/mol. The van der Waals surface area contributed by atoms with Crippen molar-refractivity contribution in [2.75, 3.05) is 6.61 Å². The number of rotatable bonds is 4. The van der Waals surface area contributed by atoms with Crippen molar-refractivity contribution in [1.82, 2.24) is 0 Å². The van der Waals surface area contributed by atoms with Crippen molar-refractivity contribution < 1.29 is 18.7 Å². The van der Waals surface area contributed by atoms with Gasteiger partial charge >= 0.3 is 12.3 Å². The molecule has 5 heteroatoms. The normalized spacial score (nSPS) is 12.0. The molecule has 1 unspecified atom stereocenters. The Balaban J connectivity index is 2.72. The van der Waals surface area contributed by atoms with Crippen molar-refractivity contribution in [2.45, 2.75) is 20.2 Å². The van der Waals surface area contributed by atoms with E-state index in [4.69, 9.17) is 4.74 Å². The first-order chi connectivity index (χ1) is 7.54. The molecule has 0 aliphatic rings. The summed E-state index contributed by atoms with van der Waals surface area (Å²) in [6.07, 6.45) is -2.09. The van der Waals surface area contributed by atoms with Gasteiger partial charge in [-0.15, -0.1) is 0 Å². The molecular formula is C11H12BrFO3. The second kappa shape index (κ2) is 5.84. The average molecular weight is 291 g/mol. The number of halogens is 2. The summed E-state index contributed by atoms with van der Waals surface area (Å²) in [4.78, 5) is 11.0. The molecule has 0 aromatic heterocycles. The number of carbonyl (C=O) groups is 1. The Morgan fingerprint density at radius 3 is 2.88 bits per heavy atom. The molecule has 0 aliphatic heterocycles. The zero-order valence-corrected chi connectivity index (χ0v) is 10.6. The Kier molecular flexibility index (Phi) is 4.73. The molecule has 0 radical (unpaired) electrons. The molecule has 0 spiro atoms. The van der Waals surface area contributed by atoms with Crippen LogP contribution in [-0.2, 0) is 9.53 Å². The Bertz CT molecular complexity index is 381. The molecule has 0 fully saturated rings. The van der Waals surface area contributed by atoms with Gasteiger partial charge in [-0.25, -0.2) is 4.79 Å². The molecule has 0 bridgehead atoms. The lowest BCUT2D eigenvalue weighted by Gasteiger charge is -2.12. The van der Waals surface area contributed by atoms with Crippen LogP contribution in [0, 0.1) is 6.92 Å². The lowest BCUT2D eigenvalue weighted by atomic mass is 10.2. The fourth-order valence-corrected chi connectivity index (χ4v) is 1.41. The third-order valence-electron chi connectivity index (χ3n) is 1.85. The van der Waals surface area contributed by atoms with E-state index in [1.54, 1.807) is 32.0 Å². The number of hydrogen-bond acceptors (Lipinski definition) is 3. The zero-order chi connectivity index (χ0) is 12.1. The lowest BCUT2D eigenvalue weighted by molar-refractivity contribution is -0.159. The van der Waals surface area contributed by atoms with Crippen molar-refractivity contribution in [2.24, 2.45) is 0 Å². The molecule has 0 amide bonds. The van der Waals surface area contributed by atoms with Crippen LogP contribution in [0.15, 0.2) is 22.7 Å². The second-order valence-corrected chi connectivity index (χ2v) is 4.01. The minimum atomic E-state index is -2.09. The minimum absolute atomic E-state index is 0.125. The van der Waals surface area contributed by atoms with Gasteiger partial charge in [-0.3, -0.25) is 0 Å². The fourth-order valence-electron chi connectivity index (χ4n) is 1.07. The van der Waals surface area contributed by atoms with Gasteiger partial charge in [0.2, 0.25) is 0 Å².